The zero-order chi connectivity index (χ0) is 30.8. The largest absolute Gasteiger partial charge is 0.452 e. The van der Waals surface area contributed by atoms with Crippen LogP contribution >= 0.6 is 46.4 Å². The SMILES string of the molecule is CC(C)[C@@H](C(=O)O[C@H](CCCl)C(=O)c1ccc(Cl)cc1)N1C(=O)[C@@H]2[C@@H](C1=O)C1(Cl)c3ccccc3C2(Cl)c2ccccc21. The number of amides is 2. The second-order valence-corrected chi connectivity index (χ2v) is 13.5. The highest BCUT2D eigenvalue weighted by Gasteiger charge is 2.74. The first kappa shape index (κ1) is 30.1. The van der Waals surface area contributed by atoms with Crippen LogP contribution in [0.4, 0.5) is 0 Å². The van der Waals surface area contributed by atoms with E-state index < -0.39 is 63.2 Å². The number of benzene rings is 3. The molecule has 0 unspecified atom stereocenters. The third-order valence-corrected chi connectivity index (χ3v) is 10.6. The van der Waals surface area contributed by atoms with Crippen LogP contribution in [0.5, 0.6) is 0 Å². The van der Waals surface area contributed by atoms with Crippen molar-refractivity contribution in [2.24, 2.45) is 17.8 Å². The van der Waals surface area contributed by atoms with Gasteiger partial charge in [-0.1, -0.05) is 74.0 Å². The van der Waals surface area contributed by atoms with Gasteiger partial charge in [0.25, 0.3) is 0 Å². The fourth-order valence-corrected chi connectivity index (χ4v) is 8.41. The average molecular weight is 659 g/mol. The highest BCUT2D eigenvalue weighted by atomic mass is 35.5. The number of likely N-dealkylation sites (tertiary alicyclic amines) is 1. The van der Waals surface area contributed by atoms with E-state index in [2.05, 4.69) is 0 Å². The summed E-state index contributed by atoms with van der Waals surface area (Å²) in [6.07, 6.45) is -1.20. The van der Waals surface area contributed by atoms with Crippen molar-refractivity contribution in [3.63, 3.8) is 0 Å². The zero-order valence-corrected chi connectivity index (χ0v) is 26.3. The Morgan fingerprint density at radius 2 is 1.26 bits per heavy atom. The quantitative estimate of drug-likeness (QED) is 0.117. The van der Waals surface area contributed by atoms with Crippen molar-refractivity contribution in [2.75, 3.05) is 5.88 Å². The Morgan fingerprint density at radius 3 is 1.65 bits per heavy atom. The fourth-order valence-electron chi connectivity index (χ4n) is 6.99. The summed E-state index contributed by atoms with van der Waals surface area (Å²) in [6, 6.07) is 19.5. The second-order valence-electron chi connectivity index (χ2n) is 11.5. The van der Waals surface area contributed by atoms with Gasteiger partial charge in [0.05, 0.1) is 11.8 Å². The summed E-state index contributed by atoms with van der Waals surface area (Å²) >= 11 is 27.0. The van der Waals surface area contributed by atoms with Crippen LogP contribution in [0.3, 0.4) is 0 Å². The van der Waals surface area contributed by atoms with Crippen molar-refractivity contribution in [2.45, 2.75) is 42.2 Å². The molecule has 0 N–H and O–H groups in total. The molecule has 7 rings (SSSR count). The van der Waals surface area contributed by atoms with E-state index in [1.165, 1.54) is 12.1 Å². The number of rotatable bonds is 8. The number of hydrogen-bond acceptors (Lipinski definition) is 5. The molecule has 1 heterocycles. The van der Waals surface area contributed by atoms with Crippen LogP contribution < -0.4 is 0 Å². The lowest BCUT2D eigenvalue weighted by molar-refractivity contribution is -0.163. The molecule has 6 nitrogen and oxygen atoms in total. The van der Waals surface area contributed by atoms with Gasteiger partial charge in [0.1, 0.15) is 15.8 Å². The predicted molar refractivity (Wildman–Crippen MR) is 165 cm³/mol. The average Bonchev–Trinajstić information content (AvgIpc) is 3.26. The van der Waals surface area contributed by atoms with Gasteiger partial charge in [0.2, 0.25) is 17.6 Å². The number of ether oxygens (including phenoxy) is 1. The maximum absolute atomic E-state index is 14.4. The zero-order valence-electron chi connectivity index (χ0n) is 23.2. The molecule has 3 aliphatic carbocycles. The van der Waals surface area contributed by atoms with Gasteiger partial charge in [0.15, 0.2) is 6.10 Å². The number of alkyl halides is 3. The van der Waals surface area contributed by atoms with Gasteiger partial charge in [-0.3, -0.25) is 19.3 Å². The number of esters is 1. The normalized spacial score (nSPS) is 26.5. The molecule has 1 aliphatic heterocycles. The maximum Gasteiger partial charge on any atom is 0.330 e. The third-order valence-electron chi connectivity index (χ3n) is 8.82. The fraction of sp³-hybridized carbons (Fsp3) is 0.333. The first-order chi connectivity index (χ1) is 20.5. The summed E-state index contributed by atoms with van der Waals surface area (Å²) in [5.41, 5.74) is 2.93. The Kier molecular flexibility index (Phi) is 7.65. The Balaban J connectivity index is 1.39. The Hall–Kier alpha value is -2.90. The van der Waals surface area contributed by atoms with Crippen LogP contribution in [0.25, 0.3) is 0 Å². The number of halogens is 4. The summed E-state index contributed by atoms with van der Waals surface area (Å²) in [4.78, 5) is 54.2. The number of imide groups is 1. The number of carbonyl (C=O) groups is 4. The van der Waals surface area contributed by atoms with Crippen molar-refractivity contribution >= 4 is 70.0 Å². The van der Waals surface area contributed by atoms with E-state index in [-0.39, 0.29) is 17.9 Å². The van der Waals surface area contributed by atoms with Gasteiger partial charge in [0, 0.05) is 22.9 Å². The van der Waals surface area contributed by atoms with Crippen molar-refractivity contribution < 1.29 is 23.9 Å². The van der Waals surface area contributed by atoms with E-state index in [0.29, 0.717) is 27.3 Å². The molecule has 4 aliphatic rings. The third kappa shape index (κ3) is 4.28. The molecule has 43 heavy (non-hydrogen) atoms. The van der Waals surface area contributed by atoms with Crippen LogP contribution in [0.2, 0.25) is 5.02 Å². The van der Waals surface area contributed by atoms with Crippen molar-refractivity contribution in [1.29, 1.82) is 0 Å². The van der Waals surface area contributed by atoms with Crippen LogP contribution in [0.1, 0.15) is 52.9 Å². The summed E-state index contributed by atoms with van der Waals surface area (Å²) in [7, 11) is 0. The van der Waals surface area contributed by atoms with Crippen LogP contribution in [0, 0.1) is 17.8 Å². The molecule has 1 saturated heterocycles. The Morgan fingerprint density at radius 1 is 0.814 bits per heavy atom. The minimum absolute atomic E-state index is 0.0346. The topological polar surface area (TPSA) is 80.8 Å². The summed E-state index contributed by atoms with van der Waals surface area (Å²) in [6.45, 7) is 3.41. The second kappa shape index (κ2) is 10.9. The summed E-state index contributed by atoms with van der Waals surface area (Å²) < 4.78 is 5.75. The molecule has 0 radical (unpaired) electrons. The van der Waals surface area contributed by atoms with E-state index in [0.717, 1.165) is 4.90 Å². The molecule has 3 aromatic rings. The lowest BCUT2D eigenvalue weighted by atomic mass is 9.54. The Labute approximate surface area is 269 Å². The molecule has 2 amide bonds. The molecule has 0 spiro atoms. The number of hydrogen-bond donors (Lipinski definition) is 0. The molecule has 1 fully saturated rings. The molecule has 2 bridgehead atoms. The smallest absolute Gasteiger partial charge is 0.330 e. The van der Waals surface area contributed by atoms with E-state index in [4.69, 9.17) is 51.1 Å². The molecule has 3 aromatic carbocycles. The van der Waals surface area contributed by atoms with Crippen molar-refractivity contribution in [1.82, 2.24) is 4.90 Å². The molecule has 0 aromatic heterocycles. The van der Waals surface area contributed by atoms with Crippen LogP contribution in [0.15, 0.2) is 72.8 Å². The summed E-state index contributed by atoms with van der Waals surface area (Å²) in [5, 5.41) is 0.447. The van der Waals surface area contributed by atoms with Gasteiger partial charge in [-0.15, -0.1) is 34.8 Å². The lowest BCUT2D eigenvalue weighted by Crippen LogP contribution is -2.57. The first-order valence-electron chi connectivity index (χ1n) is 14.0. The Bertz CT molecular complexity index is 1530. The van der Waals surface area contributed by atoms with Gasteiger partial charge >= 0.3 is 5.97 Å². The van der Waals surface area contributed by atoms with Gasteiger partial charge in [-0.05, 0) is 52.4 Å². The number of nitrogens with zero attached hydrogens (tertiary/aromatic N) is 1. The van der Waals surface area contributed by atoms with Crippen molar-refractivity contribution in [3.05, 3.63) is 106 Å². The van der Waals surface area contributed by atoms with Gasteiger partial charge in [-0.25, -0.2) is 4.79 Å². The molecular weight excluding hydrogens is 632 g/mol. The van der Waals surface area contributed by atoms with Crippen molar-refractivity contribution in [3.8, 4) is 0 Å². The molecule has 4 atom stereocenters. The van der Waals surface area contributed by atoms with Crippen LogP contribution in [-0.2, 0) is 28.9 Å². The van der Waals surface area contributed by atoms with E-state index >= 15 is 0 Å². The standard InChI is InChI=1S/C33H27Cl4NO5/c1-17(2)27(31(42)43-24(15-16-34)28(39)18-11-13-19(35)14-12-18)38-29(40)25-26(30(38)41)33(37)21-8-4-3-7-20(21)32(25,36)22-9-5-6-10-23(22)33/h3-14,17,24-27H,15-16H2,1-2H3/t24-,25+,26+,27+,32?,33?/m1/s1. The highest BCUT2D eigenvalue weighted by Crippen LogP contribution is 2.69. The van der Waals surface area contributed by atoms with E-state index in [9.17, 15) is 19.2 Å². The highest BCUT2D eigenvalue weighted by molar-refractivity contribution is 6.36. The van der Waals surface area contributed by atoms with Gasteiger partial charge < -0.3 is 4.74 Å². The minimum atomic E-state index is -1.38. The molecule has 222 valence electrons. The molecular formula is C33H27Cl4NO5. The number of Topliss-reactive ketones (excluding diaryl/α,β-unsaturated/α-hetero) is 1. The maximum atomic E-state index is 14.4. The molecule has 10 heteroatoms. The number of carbonyl (C=O) groups excluding carboxylic acids is 4. The first-order valence-corrected chi connectivity index (χ1v) is 15.7. The minimum Gasteiger partial charge on any atom is -0.452 e. The molecule has 0 saturated carbocycles. The van der Waals surface area contributed by atoms with Gasteiger partial charge in [-0.2, -0.15) is 0 Å². The number of ketones is 1. The monoisotopic (exact) mass is 657 g/mol. The van der Waals surface area contributed by atoms with E-state index in [1.54, 1.807) is 26.0 Å². The van der Waals surface area contributed by atoms with E-state index in [1.807, 2.05) is 48.5 Å². The lowest BCUT2D eigenvalue weighted by Gasteiger charge is -2.54. The van der Waals surface area contributed by atoms with Crippen LogP contribution in [-0.4, -0.2) is 46.5 Å². The summed E-state index contributed by atoms with van der Waals surface area (Å²) in [5.74, 6) is -5.20. The predicted octanol–water partition coefficient (Wildman–Crippen LogP) is 6.68.